The third-order valence-electron chi connectivity index (χ3n) is 2.32. The van der Waals surface area contributed by atoms with E-state index in [0.29, 0.717) is 6.42 Å². The van der Waals surface area contributed by atoms with Crippen LogP contribution >= 0.6 is 0 Å². The first-order valence-electron chi connectivity index (χ1n) is 4.23. The maximum Gasteiger partial charge on any atom is 0.350 e. The minimum Gasteiger partial charge on any atom is -0.227 e. The fourth-order valence-corrected chi connectivity index (χ4v) is 1.45. The number of hydrogen-bond acceptors (Lipinski definition) is 2. The zero-order valence-electron chi connectivity index (χ0n) is 7.47. The van der Waals surface area contributed by atoms with Crippen molar-refractivity contribution in [2.45, 2.75) is 6.42 Å². The molecule has 0 N–H and O–H groups in total. The van der Waals surface area contributed by atoms with Crippen molar-refractivity contribution >= 4 is 17.8 Å². The Kier molecular flexibility index (Phi) is 1.74. The maximum atomic E-state index is 11.5. The van der Waals surface area contributed by atoms with E-state index in [4.69, 9.17) is 0 Å². The summed E-state index contributed by atoms with van der Waals surface area (Å²) in [5, 5.41) is 4.18. The first-order chi connectivity index (χ1) is 6.23. The van der Waals surface area contributed by atoms with Crippen molar-refractivity contribution in [3.63, 3.8) is 0 Å². The minimum atomic E-state index is 0.0564. The molecule has 1 amide bonds. The van der Waals surface area contributed by atoms with Crippen LogP contribution in [0.3, 0.4) is 0 Å². The molecule has 1 aromatic rings. The Balaban J connectivity index is 2.46. The standard InChI is InChI=1S/C10H11N2O/c1-12(10(13)7-8-11-12)9-5-3-2-4-6-9/h2-6,8H,7H2,1H3/q+1. The normalized spacial score (nSPS) is 26.7. The van der Waals surface area contributed by atoms with Crippen molar-refractivity contribution in [1.82, 2.24) is 4.59 Å². The van der Waals surface area contributed by atoms with Crippen LogP contribution in [0.1, 0.15) is 6.42 Å². The number of benzene rings is 1. The lowest BCUT2D eigenvalue weighted by Gasteiger charge is -2.19. The third kappa shape index (κ3) is 1.17. The highest BCUT2D eigenvalue weighted by atomic mass is 16.2. The molecule has 3 heteroatoms. The molecular weight excluding hydrogens is 164 g/mol. The SMILES string of the molecule is C[N+]1(c2ccccc2)N=CCC1=O. The fraction of sp³-hybridized carbons (Fsp3) is 0.200. The quantitative estimate of drug-likeness (QED) is 0.595. The van der Waals surface area contributed by atoms with Gasteiger partial charge < -0.3 is 0 Å². The van der Waals surface area contributed by atoms with Gasteiger partial charge in [0.05, 0.1) is 6.21 Å². The Labute approximate surface area is 76.9 Å². The maximum absolute atomic E-state index is 11.5. The van der Waals surface area contributed by atoms with E-state index >= 15 is 0 Å². The van der Waals surface area contributed by atoms with Gasteiger partial charge >= 0.3 is 5.91 Å². The smallest absolute Gasteiger partial charge is 0.227 e. The molecule has 66 valence electrons. The Hall–Kier alpha value is -1.48. The average Bonchev–Trinajstić information content (AvgIpc) is 2.50. The Morgan fingerprint density at radius 3 is 2.54 bits per heavy atom. The van der Waals surface area contributed by atoms with Crippen LogP contribution < -0.4 is 4.59 Å². The summed E-state index contributed by atoms with van der Waals surface area (Å²) >= 11 is 0. The van der Waals surface area contributed by atoms with Crippen molar-refractivity contribution in [3.8, 4) is 0 Å². The van der Waals surface area contributed by atoms with Gasteiger partial charge in [0, 0.05) is 12.1 Å². The monoisotopic (exact) mass is 175 g/mol. The van der Waals surface area contributed by atoms with Crippen LogP contribution in [0.5, 0.6) is 0 Å². The molecule has 0 fully saturated rings. The summed E-state index contributed by atoms with van der Waals surface area (Å²) in [4.78, 5) is 11.5. The lowest BCUT2D eigenvalue weighted by molar-refractivity contribution is -0.126. The highest BCUT2D eigenvalue weighted by Gasteiger charge is 2.37. The summed E-state index contributed by atoms with van der Waals surface area (Å²) in [6, 6.07) is 9.60. The molecule has 0 radical (unpaired) electrons. The van der Waals surface area contributed by atoms with Crippen LogP contribution in [-0.2, 0) is 4.79 Å². The van der Waals surface area contributed by atoms with E-state index < -0.39 is 0 Å². The average molecular weight is 175 g/mol. The predicted molar refractivity (Wildman–Crippen MR) is 52.3 cm³/mol. The highest BCUT2D eigenvalue weighted by molar-refractivity contribution is 6.01. The molecule has 2 rings (SSSR count). The number of para-hydroxylation sites is 1. The van der Waals surface area contributed by atoms with Crippen LogP contribution in [0.15, 0.2) is 35.4 Å². The number of hydrogen-bond donors (Lipinski definition) is 0. The van der Waals surface area contributed by atoms with Crippen molar-refractivity contribution in [1.29, 1.82) is 0 Å². The Bertz CT molecular complexity index is 358. The molecule has 13 heavy (non-hydrogen) atoms. The summed E-state index contributed by atoms with van der Waals surface area (Å²) in [7, 11) is 1.81. The number of amides is 1. The zero-order chi connectivity index (χ0) is 9.31. The van der Waals surface area contributed by atoms with E-state index in [-0.39, 0.29) is 10.5 Å². The number of carbonyl (C=O) groups excluding carboxylic acids is 1. The lowest BCUT2D eigenvalue weighted by Crippen LogP contribution is -2.41. The van der Waals surface area contributed by atoms with Gasteiger partial charge in [-0.2, -0.15) is 0 Å². The van der Waals surface area contributed by atoms with Gasteiger partial charge in [-0.3, -0.25) is 0 Å². The highest BCUT2D eigenvalue weighted by Crippen LogP contribution is 2.24. The molecule has 1 atom stereocenters. The molecular formula is C10H11N2O+. The van der Waals surface area contributed by atoms with E-state index in [2.05, 4.69) is 5.10 Å². The number of carbonyl (C=O) groups is 1. The van der Waals surface area contributed by atoms with E-state index in [9.17, 15) is 4.79 Å². The summed E-state index contributed by atoms with van der Waals surface area (Å²) in [6.45, 7) is 0. The first-order valence-corrected chi connectivity index (χ1v) is 4.23. The van der Waals surface area contributed by atoms with E-state index in [1.165, 1.54) is 0 Å². The van der Waals surface area contributed by atoms with Gasteiger partial charge in [-0.05, 0) is 0 Å². The fourth-order valence-electron chi connectivity index (χ4n) is 1.45. The molecule has 0 aromatic heterocycles. The molecule has 0 saturated carbocycles. The van der Waals surface area contributed by atoms with Crippen LogP contribution in [0, 0.1) is 0 Å². The predicted octanol–water partition coefficient (Wildman–Crippen LogP) is 1.54. The lowest BCUT2D eigenvalue weighted by atomic mass is 10.3. The first kappa shape index (κ1) is 8.13. The molecule has 3 nitrogen and oxygen atoms in total. The largest absolute Gasteiger partial charge is 0.350 e. The Morgan fingerprint density at radius 1 is 1.31 bits per heavy atom. The molecule has 0 spiro atoms. The second-order valence-electron chi connectivity index (χ2n) is 3.19. The molecule has 1 aliphatic heterocycles. The van der Waals surface area contributed by atoms with Crippen LogP contribution in [0.2, 0.25) is 0 Å². The second kappa shape index (κ2) is 2.78. The van der Waals surface area contributed by atoms with Gasteiger partial charge in [0.15, 0.2) is 5.69 Å². The molecule has 1 aliphatic rings. The molecule has 1 aromatic carbocycles. The van der Waals surface area contributed by atoms with Crippen molar-refractivity contribution in [2.24, 2.45) is 5.10 Å². The van der Waals surface area contributed by atoms with E-state index in [1.807, 2.05) is 30.3 Å². The van der Waals surface area contributed by atoms with Gasteiger partial charge in [0.25, 0.3) is 0 Å². The summed E-state index contributed by atoms with van der Waals surface area (Å²) in [6.07, 6.45) is 2.11. The molecule has 0 aliphatic carbocycles. The topological polar surface area (TPSA) is 29.4 Å². The van der Waals surface area contributed by atoms with Crippen molar-refractivity contribution in [2.75, 3.05) is 7.05 Å². The minimum absolute atomic E-state index is 0.0564. The number of quaternary nitrogens is 1. The van der Waals surface area contributed by atoms with Crippen LogP contribution in [-0.4, -0.2) is 19.2 Å². The van der Waals surface area contributed by atoms with Gasteiger partial charge in [0.2, 0.25) is 0 Å². The van der Waals surface area contributed by atoms with E-state index in [0.717, 1.165) is 5.69 Å². The van der Waals surface area contributed by atoms with Crippen LogP contribution in [0.4, 0.5) is 5.69 Å². The van der Waals surface area contributed by atoms with Crippen LogP contribution in [0.25, 0.3) is 0 Å². The zero-order valence-corrected chi connectivity index (χ0v) is 7.47. The number of nitrogens with zero attached hydrogens (tertiary/aromatic N) is 2. The van der Waals surface area contributed by atoms with Gasteiger partial charge in [-0.1, -0.05) is 23.3 Å². The van der Waals surface area contributed by atoms with E-state index in [1.54, 1.807) is 13.3 Å². The van der Waals surface area contributed by atoms with Crippen molar-refractivity contribution in [3.05, 3.63) is 30.3 Å². The summed E-state index contributed by atoms with van der Waals surface area (Å²) in [5.41, 5.74) is 0.918. The van der Waals surface area contributed by atoms with Gasteiger partial charge in [-0.15, -0.1) is 4.59 Å². The molecule has 1 heterocycles. The van der Waals surface area contributed by atoms with Gasteiger partial charge in [0.1, 0.15) is 13.5 Å². The third-order valence-corrected chi connectivity index (χ3v) is 2.32. The van der Waals surface area contributed by atoms with Gasteiger partial charge in [-0.25, -0.2) is 4.79 Å². The Morgan fingerprint density at radius 2 is 2.00 bits per heavy atom. The number of rotatable bonds is 1. The van der Waals surface area contributed by atoms with Crippen molar-refractivity contribution < 1.29 is 4.79 Å². The summed E-state index contributed by atoms with van der Waals surface area (Å²) < 4.78 is 0.0564. The molecule has 0 bridgehead atoms. The molecule has 1 unspecified atom stereocenters. The molecule has 0 saturated heterocycles. The summed E-state index contributed by atoms with van der Waals surface area (Å²) in [5.74, 6) is 0.117. The second-order valence-corrected chi connectivity index (χ2v) is 3.19.